The van der Waals surface area contributed by atoms with Crippen LogP contribution in [-0.2, 0) is 4.74 Å². The van der Waals surface area contributed by atoms with Crippen LogP contribution in [0.5, 0.6) is 0 Å². The van der Waals surface area contributed by atoms with Gasteiger partial charge in [-0.1, -0.05) is 0 Å². The Labute approximate surface area is 63.3 Å². The molecule has 0 N–H and O–H groups in total. The molecule has 0 aromatic carbocycles. The maximum atomic E-state index is 4.86. The van der Waals surface area contributed by atoms with E-state index in [2.05, 4.69) is 0 Å². The Kier molecular flexibility index (Phi) is 2.19. The van der Waals surface area contributed by atoms with E-state index in [1.807, 2.05) is 16.8 Å². The molecule has 0 bridgehead atoms. The molecule has 0 spiro atoms. The van der Waals surface area contributed by atoms with E-state index in [0.29, 0.717) is 5.05 Å². The monoisotopic (exact) mass is 158 g/mol. The minimum atomic E-state index is 0.566. The normalized spacial score (nSPS) is 9.00. The van der Waals surface area contributed by atoms with Gasteiger partial charge in [0.25, 0.3) is 0 Å². The molecule has 0 fully saturated rings. The Morgan fingerprint density at radius 1 is 1.78 bits per heavy atom. The molecular formula is C6H6OS2. The summed E-state index contributed by atoms with van der Waals surface area (Å²) >= 11 is 6.48. The largest absolute Gasteiger partial charge is 0.486 e. The quantitative estimate of drug-likeness (QED) is 0.579. The van der Waals surface area contributed by atoms with Crippen molar-refractivity contribution in [1.82, 2.24) is 0 Å². The summed E-state index contributed by atoms with van der Waals surface area (Å²) in [5.74, 6) is 0. The van der Waals surface area contributed by atoms with Gasteiger partial charge in [-0.25, -0.2) is 0 Å². The maximum absolute atomic E-state index is 4.86. The summed E-state index contributed by atoms with van der Waals surface area (Å²) in [6, 6.07) is 1.94. The Balaban J connectivity index is 2.77. The van der Waals surface area contributed by atoms with Crippen molar-refractivity contribution in [2.24, 2.45) is 0 Å². The Hall–Kier alpha value is -0.410. The molecule has 0 saturated carbocycles. The van der Waals surface area contributed by atoms with Crippen LogP contribution in [0.4, 0.5) is 0 Å². The van der Waals surface area contributed by atoms with Gasteiger partial charge in [-0.15, -0.1) is 0 Å². The van der Waals surface area contributed by atoms with Crippen LogP contribution in [0.1, 0.15) is 5.56 Å². The molecule has 0 aliphatic carbocycles. The highest BCUT2D eigenvalue weighted by atomic mass is 32.1. The lowest BCUT2D eigenvalue weighted by atomic mass is 10.4. The average Bonchev–Trinajstić information content (AvgIpc) is 2.37. The molecule has 0 aliphatic heterocycles. The number of ether oxygens (including phenoxy) is 1. The van der Waals surface area contributed by atoms with Crippen LogP contribution < -0.4 is 0 Å². The molecule has 0 radical (unpaired) electrons. The predicted molar refractivity (Wildman–Crippen MR) is 43.0 cm³/mol. The topological polar surface area (TPSA) is 9.23 Å². The van der Waals surface area contributed by atoms with E-state index < -0.39 is 0 Å². The molecule has 48 valence electrons. The molecule has 0 atom stereocenters. The second kappa shape index (κ2) is 2.94. The average molecular weight is 158 g/mol. The van der Waals surface area contributed by atoms with Gasteiger partial charge in [-0.3, -0.25) is 0 Å². The van der Waals surface area contributed by atoms with E-state index in [1.54, 1.807) is 18.4 Å². The van der Waals surface area contributed by atoms with Crippen molar-refractivity contribution in [3.05, 3.63) is 22.4 Å². The third kappa shape index (κ3) is 1.50. The van der Waals surface area contributed by atoms with Crippen molar-refractivity contribution in [2.75, 3.05) is 7.11 Å². The van der Waals surface area contributed by atoms with Crippen molar-refractivity contribution in [2.45, 2.75) is 0 Å². The summed E-state index contributed by atoms with van der Waals surface area (Å²) < 4.78 is 4.83. The second-order valence-electron chi connectivity index (χ2n) is 1.50. The molecule has 1 nitrogen and oxygen atoms in total. The highest BCUT2D eigenvalue weighted by molar-refractivity contribution is 7.80. The van der Waals surface area contributed by atoms with Crippen molar-refractivity contribution >= 4 is 28.6 Å². The molecule has 3 heteroatoms. The number of thiophene rings is 1. The standard InChI is InChI=1S/C6H6OS2/c1-7-6(8)5-2-3-9-4-5/h2-4H,1H3. The van der Waals surface area contributed by atoms with Gasteiger partial charge in [0.05, 0.1) is 7.11 Å². The molecule has 9 heavy (non-hydrogen) atoms. The summed E-state index contributed by atoms with van der Waals surface area (Å²) in [5.41, 5.74) is 0.998. The lowest BCUT2D eigenvalue weighted by Gasteiger charge is -1.95. The van der Waals surface area contributed by atoms with Crippen molar-refractivity contribution in [1.29, 1.82) is 0 Å². The van der Waals surface area contributed by atoms with Crippen molar-refractivity contribution in [3.8, 4) is 0 Å². The van der Waals surface area contributed by atoms with Gasteiger partial charge < -0.3 is 4.74 Å². The first kappa shape index (κ1) is 6.71. The smallest absolute Gasteiger partial charge is 0.191 e. The van der Waals surface area contributed by atoms with E-state index >= 15 is 0 Å². The minimum Gasteiger partial charge on any atom is -0.486 e. The predicted octanol–water partition coefficient (Wildman–Crippen LogP) is 2.07. The SMILES string of the molecule is COC(=S)c1ccsc1. The zero-order valence-electron chi connectivity index (χ0n) is 4.96. The zero-order chi connectivity index (χ0) is 6.69. The van der Waals surface area contributed by atoms with Gasteiger partial charge in [0.1, 0.15) is 0 Å². The van der Waals surface area contributed by atoms with E-state index in [9.17, 15) is 0 Å². The molecular weight excluding hydrogens is 152 g/mol. The first-order valence-corrected chi connectivity index (χ1v) is 3.80. The Bertz CT molecular complexity index is 191. The van der Waals surface area contributed by atoms with Crippen LogP contribution in [0.15, 0.2) is 16.8 Å². The summed E-state index contributed by atoms with van der Waals surface area (Å²) in [7, 11) is 1.58. The van der Waals surface area contributed by atoms with Crippen LogP contribution in [0.3, 0.4) is 0 Å². The first-order chi connectivity index (χ1) is 4.34. The maximum Gasteiger partial charge on any atom is 0.191 e. The zero-order valence-corrected chi connectivity index (χ0v) is 6.59. The fourth-order valence-electron chi connectivity index (χ4n) is 0.498. The fraction of sp³-hybridized carbons (Fsp3) is 0.167. The molecule has 0 unspecified atom stereocenters. The number of thiocarbonyl (C=S) groups is 1. The first-order valence-electron chi connectivity index (χ1n) is 2.45. The number of hydrogen-bond donors (Lipinski definition) is 0. The highest BCUT2D eigenvalue weighted by Crippen LogP contribution is 2.07. The third-order valence-corrected chi connectivity index (χ3v) is 2.03. The van der Waals surface area contributed by atoms with Gasteiger partial charge in [0.15, 0.2) is 5.05 Å². The van der Waals surface area contributed by atoms with Gasteiger partial charge in [0.2, 0.25) is 0 Å². The lowest BCUT2D eigenvalue weighted by molar-refractivity contribution is 0.416. The molecule has 1 rings (SSSR count). The van der Waals surface area contributed by atoms with Crippen LogP contribution in [0, 0.1) is 0 Å². The van der Waals surface area contributed by atoms with Crippen molar-refractivity contribution in [3.63, 3.8) is 0 Å². The number of methoxy groups -OCH3 is 1. The molecule has 0 saturated heterocycles. The molecule has 1 aromatic heterocycles. The fourth-order valence-corrected chi connectivity index (χ4v) is 1.34. The molecule has 0 amide bonds. The van der Waals surface area contributed by atoms with Crippen LogP contribution in [0.25, 0.3) is 0 Å². The lowest BCUT2D eigenvalue weighted by Crippen LogP contribution is -1.95. The van der Waals surface area contributed by atoms with Crippen LogP contribution >= 0.6 is 23.6 Å². The van der Waals surface area contributed by atoms with Gasteiger partial charge in [0, 0.05) is 10.9 Å². The summed E-state index contributed by atoms with van der Waals surface area (Å²) in [6.45, 7) is 0. The van der Waals surface area contributed by atoms with E-state index in [4.69, 9.17) is 17.0 Å². The third-order valence-electron chi connectivity index (χ3n) is 0.942. The van der Waals surface area contributed by atoms with Crippen LogP contribution in [0.2, 0.25) is 0 Å². The van der Waals surface area contributed by atoms with E-state index in [1.165, 1.54) is 0 Å². The summed E-state index contributed by atoms with van der Waals surface area (Å²) in [5, 5.41) is 4.50. The van der Waals surface area contributed by atoms with Gasteiger partial charge >= 0.3 is 0 Å². The molecule has 1 aromatic rings. The van der Waals surface area contributed by atoms with E-state index in [-0.39, 0.29) is 0 Å². The minimum absolute atomic E-state index is 0.566. The number of rotatable bonds is 1. The van der Waals surface area contributed by atoms with Gasteiger partial charge in [-0.05, 0) is 23.7 Å². The number of hydrogen-bond acceptors (Lipinski definition) is 3. The summed E-state index contributed by atoms with van der Waals surface area (Å²) in [4.78, 5) is 0. The van der Waals surface area contributed by atoms with E-state index in [0.717, 1.165) is 5.56 Å². The highest BCUT2D eigenvalue weighted by Gasteiger charge is 1.97. The second-order valence-corrected chi connectivity index (χ2v) is 2.65. The molecule has 1 heterocycles. The van der Waals surface area contributed by atoms with Crippen LogP contribution in [-0.4, -0.2) is 12.2 Å². The Morgan fingerprint density at radius 3 is 3.00 bits per heavy atom. The molecule has 0 aliphatic rings. The summed E-state index contributed by atoms with van der Waals surface area (Å²) in [6.07, 6.45) is 0. The Morgan fingerprint density at radius 2 is 2.56 bits per heavy atom. The van der Waals surface area contributed by atoms with Gasteiger partial charge in [-0.2, -0.15) is 11.3 Å². The van der Waals surface area contributed by atoms with Crippen molar-refractivity contribution < 1.29 is 4.74 Å².